The SMILES string of the molecule is CCCCS(=O)(=O)NCc1cccc(Br)c1. The van der Waals surface area contributed by atoms with Gasteiger partial charge in [0.1, 0.15) is 0 Å². The van der Waals surface area contributed by atoms with E-state index in [9.17, 15) is 8.42 Å². The molecule has 0 radical (unpaired) electrons. The number of sulfonamides is 1. The highest BCUT2D eigenvalue weighted by Gasteiger charge is 2.08. The summed E-state index contributed by atoms with van der Waals surface area (Å²) in [5.74, 6) is 0.206. The summed E-state index contributed by atoms with van der Waals surface area (Å²) in [6.07, 6.45) is 1.59. The van der Waals surface area contributed by atoms with Gasteiger partial charge in [-0.25, -0.2) is 13.1 Å². The Hall–Kier alpha value is -0.390. The first-order chi connectivity index (χ1) is 7.53. The lowest BCUT2D eigenvalue weighted by atomic mass is 10.2. The van der Waals surface area contributed by atoms with Crippen LogP contribution in [0.25, 0.3) is 0 Å². The Kier molecular flexibility index (Phi) is 5.44. The first kappa shape index (κ1) is 13.7. The van der Waals surface area contributed by atoms with Crippen LogP contribution >= 0.6 is 15.9 Å². The van der Waals surface area contributed by atoms with Crippen LogP contribution in [-0.4, -0.2) is 14.2 Å². The Morgan fingerprint density at radius 1 is 1.38 bits per heavy atom. The van der Waals surface area contributed by atoms with Gasteiger partial charge in [-0.15, -0.1) is 0 Å². The van der Waals surface area contributed by atoms with Crippen molar-refractivity contribution in [3.63, 3.8) is 0 Å². The summed E-state index contributed by atoms with van der Waals surface area (Å²) in [4.78, 5) is 0. The van der Waals surface area contributed by atoms with E-state index in [0.29, 0.717) is 13.0 Å². The molecule has 0 aliphatic rings. The zero-order chi connectivity index (χ0) is 12.0. The van der Waals surface area contributed by atoms with E-state index in [1.54, 1.807) is 0 Å². The lowest BCUT2D eigenvalue weighted by molar-refractivity contribution is 0.578. The van der Waals surface area contributed by atoms with E-state index in [1.165, 1.54) is 0 Å². The molecule has 0 aliphatic heterocycles. The van der Waals surface area contributed by atoms with Crippen molar-refractivity contribution in [2.75, 3.05) is 5.75 Å². The van der Waals surface area contributed by atoms with E-state index in [0.717, 1.165) is 16.5 Å². The minimum Gasteiger partial charge on any atom is -0.212 e. The average molecular weight is 306 g/mol. The van der Waals surface area contributed by atoms with Crippen molar-refractivity contribution in [2.24, 2.45) is 0 Å². The fourth-order valence-electron chi connectivity index (χ4n) is 1.25. The minimum atomic E-state index is -3.12. The second kappa shape index (κ2) is 6.37. The molecule has 0 saturated heterocycles. The summed E-state index contributed by atoms with van der Waals surface area (Å²) in [6.45, 7) is 2.33. The fourth-order valence-corrected chi connectivity index (χ4v) is 2.89. The molecule has 0 fully saturated rings. The second-order valence-electron chi connectivity index (χ2n) is 3.62. The Morgan fingerprint density at radius 3 is 2.75 bits per heavy atom. The molecule has 0 unspecified atom stereocenters. The molecule has 0 atom stereocenters. The number of halogens is 1. The van der Waals surface area contributed by atoms with Crippen molar-refractivity contribution in [3.05, 3.63) is 34.3 Å². The number of unbranched alkanes of at least 4 members (excludes halogenated alkanes) is 1. The topological polar surface area (TPSA) is 46.2 Å². The van der Waals surface area contributed by atoms with E-state index in [4.69, 9.17) is 0 Å². The molecule has 0 spiro atoms. The van der Waals surface area contributed by atoms with E-state index in [1.807, 2.05) is 31.2 Å². The van der Waals surface area contributed by atoms with Crippen LogP contribution in [0, 0.1) is 0 Å². The number of nitrogens with one attached hydrogen (secondary N) is 1. The quantitative estimate of drug-likeness (QED) is 0.878. The van der Waals surface area contributed by atoms with E-state index in [-0.39, 0.29) is 5.75 Å². The normalized spacial score (nSPS) is 11.6. The molecule has 0 heterocycles. The molecule has 3 nitrogen and oxygen atoms in total. The van der Waals surface area contributed by atoms with Gasteiger partial charge in [-0.1, -0.05) is 41.4 Å². The molecule has 1 rings (SSSR count). The Balaban J connectivity index is 2.51. The van der Waals surface area contributed by atoms with Gasteiger partial charge in [0.25, 0.3) is 0 Å². The summed E-state index contributed by atoms with van der Waals surface area (Å²) in [7, 11) is -3.12. The largest absolute Gasteiger partial charge is 0.212 e. The van der Waals surface area contributed by atoms with Gasteiger partial charge in [-0.3, -0.25) is 0 Å². The predicted octanol–water partition coefficient (Wildman–Crippen LogP) is 2.67. The zero-order valence-corrected chi connectivity index (χ0v) is 11.6. The summed E-state index contributed by atoms with van der Waals surface area (Å²) < 4.78 is 26.6. The maximum absolute atomic E-state index is 11.5. The standard InChI is InChI=1S/C11H16BrNO2S/c1-2-3-7-16(14,15)13-9-10-5-4-6-11(12)8-10/h4-6,8,13H,2-3,7,9H2,1H3. The maximum Gasteiger partial charge on any atom is 0.211 e. The van der Waals surface area contributed by atoms with Crippen molar-refractivity contribution in [1.29, 1.82) is 0 Å². The summed E-state index contributed by atoms with van der Waals surface area (Å²) in [5, 5.41) is 0. The number of benzene rings is 1. The van der Waals surface area contributed by atoms with Gasteiger partial charge >= 0.3 is 0 Å². The van der Waals surface area contributed by atoms with Crippen molar-refractivity contribution < 1.29 is 8.42 Å². The van der Waals surface area contributed by atoms with Gasteiger partial charge in [0.2, 0.25) is 10.0 Å². The van der Waals surface area contributed by atoms with Gasteiger partial charge in [0.15, 0.2) is 0 Å². The molecule has 1 aromatic rings. The Bertz CT molecular complexity index is 431. The van der Waals surface area contributed by atoms with Gasteiger partial charge in [0.05, 0.1) is 5.75 Å². The summed E-state index contributed by atoms with van der Waals surface area (Å²) in [5.41, 5.74) is 0.953. The summed E-state index contributed by atoms with van der Waals surface area (Å²) >= 11 is 3.35. The molecule has 1 aromatic carbocycles. The van der Waals surface area contributed by atoms with Crippen LogP contribution in [0.15, 0.2) is 28.7 Å². The highest BCUT2D eigenvalue weighted by molar-refractivity contribution is 9.10. The molecule has 1 N–H and O–H groups in total. The lowest BCUT2D eigenvalue weighted by Crippen LogP contribution is -2.25. The van der Waals surface area contributed by atoms with E-state index in [2.05, 4.69) is 20.7 Å². The van der Waals surface area contributed by atoms with Crippen LogP contribution in [-0.2, 0) is 16.6 Å². The zero-order valence-electron chi connectivity index (χ0n) is 9.24. The van der Waals surface area contributed by atoms with Crippen LogP contribution < -0.4 is 4.72 Å². The molecule has 0 bridgehead atoms. The monoisotopic (exact) mass is 305 g/mol. The van der Waals surface area contributed by atoms with Crippen LogP contribution in [0.4, 0.5) is 0 Å². The molecular weight excluding hydrogens is 290 g/mol. The number of rotatable bonds is 6. The fraction of sp³-hybridized carbons (Fsp3) is 0.455. The third-order valence-corrected chi connectivity index (χ3v) is 4.06. The molecule has 5 heteroatoms. The highest BCUT2D eigenvalue weighted by Crippen LogP contribution is 2.11. The van der Waals surface area contributed by atoms with Crippen molar-refractivity contribution in [1.82, 2.24) is 4.72 Å². The average Bonchev–Trinajstić information content (AvgIpc) is 2.24. The van der Waals surface area contributed by atoms with Crippen LogP contribution in [0.5, 0.6) is 0 Å². The molecule has 0 aromatic heterocycles. The first-order valence-corrected chi connectivity index (χ1v) is 7.70. The van der Waals surface area contributed by atoms with Gasteiger partial charge < -0.3 is 0 Å². The van der Waals surface area contributed by atoms with Crippen LogP contribution in [0.2, 0.25) is 0 Å². The van der Waals surface area contributed by atoms with E-state index < -0.39 is 10.0 Å². The van der Waals surface area contributed by atoms with Crippen molar-refractivity contribution >= 4 is 26.0 Å². The van der Waals surface area contributed by atoms with Crippen LogP contribution in [0.3, 0.4) is 0 Å². The third-order valence-electron chi connectivity index (χ3n) is 2.15. The third kappa shape index (κ3) is 5.09. The van der Waals surface area contributed by atoms with Gasteiger partial charge in [-0.05, 0) is 24.1 Å². The van der Waals surface area contributed by atoms with Gasteiger partial charge in [-0.2, -0.15) is 0 Å². The second-order valence-corrected chi connectivity index (χ2v) is 6.47. The molecule has 0 aliphatic carbocycles. The molecule has 0 amide bonds. The Labute approximate surface area is 105 Å². The minimum absolute atomic E-state index is 0.206. The highest BCUT2D eigenvalue weighted by atomic mass is 79.9. The molecule has 90 valence electrons. The molecular formula is C11H16BrNO2S. The molecule has 0 saturated carbocycles. The first-order valence-electron chi connectivity index (χ1n) is 5.25. The number of hydrogen-bond acceptors (Lipinski definition) is 2. The summed E-state index contributed by atoms with van der Waals surface area (Å²) in [6, 6.07) is 7.60. The van der Waals surface area contributed by atoms with E-state index >= 15 is 0 Å². The molecule has 16 heavy (non-hydrogen) atoms. The number of hydrogen-bond donors (Lipinski definition) is 1. The van der Waals surface area contributed by atoms with Gasteiger partial charge in [0, 0.05) is 11.0 Å². The maximum atomic E-state index is 11.5. The predicted molar refractivity (Wildman–Crippen MR) is 69.7 cm³/mol. The smallest absolute Gasteiger partial charge is 0.211 e. The van der Waals surface area contributed by atoms with Crippen molar-refractivity contribution in [2.45, 2.75) is 26.3 Å². The van der Waals surface area contributed by atoms with Crippen molar-refractivity contribution in [3.8, 4) is 0 Å². The lowest BCUT2D eigenvalue weighted by Gasteiger charge is -2.06. The van der Waals surface area contributed by atoms with Crippen LogP contribution in [0.1, 0.15) is 25.3 Å². The Morgan fingerprint density at radius 2 is 2.12 bits per heavy atom.